The Morgan fingerprint density at radius 2 is 2.18 bits per heavy atom. The van der Waals surface area contributed by atoms with Gasteiger partial charge in [-0.25, -0.2) is 0 Å². The molecule has 0 unspecified atom stereocenters. The molecule has 0 saturated heterocycles. The molecule has 22 heavy (non-hydrogen) atoms. The predicted octanol–water partition coefficient (Wildman–Crippen LogP) is 4.18. The molecule has 0 atom stereocenters. The maximum Gasteiger partial charge on any atom is 0.243 e. The van der Waals surface area contributed by atoms with Crippen molar-refractivity contribution in [3.05, 3.63) is 53.6 Å². The van der Waals surface area contributed by atoms with Gasteiger partial charge in [0.2, 0.25) is 5.91 Å². The quantitative estimate of drug-likeness (QED) is 0.476. The Hall–Kier alpha value is -2.27. The van der Waals surface area contributed by atoms with Crippen molar-refractivity contribution < 1.29 is 4.79 Å². The minimum Gasteiger partial charge on any atom is -0.352 e. The van der Waals surface area contributed by atoms with Crippen LogP contribution in [-0.4, -0.2) is 12.5 Å². The van der Waals surface area contributed by atoms with E-state index < -0.39 is 0 Å². The third kappa shape index (κ3) is 8.11. The SMILES string of the molecule is CC=Cc1cccc(C#CCCC=CC(=O)NCC(C)C)c1. The lowest BCUT2D eigenvalue weighted by atomic mass is 10.1. The Morgan fingerprint density at radius 1 is 1.36 bits per heavy atom. The van der Waals surface area contributed by atoms with E-state index in [1.165, 1.54) is 0 Å². The van der Waals surface area contributed by atoms with Crippen molar-refractivity contribution in [1.82, 2.24) is 5.32 Å². The summed E-state index contributed by atoms with van der Waals surface area (Å²) in [7, 11) is 0. The fraction of sp³-hybridized carbons (Fsp3) is 0.350. The normalized spacial score (nSPS) is 10.9. The maximum atomic E-state index is 11.5. The van der Waals surface area contributed by atoms with Crippen molar-refractivity contribution in [2.45, 2.75) is 33.6 Å². The van der Waals surface area contributed by atoms with E-state index in [0.29, 0.717) is 12.5 Å². The molecule has 0 radical (unpaired) electrons. The van der Waals surface area contributed by atoms with Crippen LogP contribution in [-0.2, 0) is 4.79 Å². The van der Waals surface area contributed by atoms with Gasteiger partial charge < -0.3 is 5.32 Å². The van der Waals surface area contributed by atoms with Gasteiger partial charge in [-0.2, -0.15) is 0 Å². The summed E-state index contributed by atoms with van der Waals surface area (Å²) in [6.45, 7) is 6.86. The van der Waals surface area contributed by atoms with Crippen LogP contribution in [0, 0.1) is 17.8 Å². The largest absolute Gasteiger partial charge is 0.352 e. The summed E-state index contributed by atoms with van der Waals surface area (Å²) in [6.07, 6.45) is 9.08. The molecule has 1 aromatic rings. The van der Waals surface area contributed by atoms with Crippen molar-refractivity contribution >= 4 is 12.0 Å². The van der Waals surface area contributed by atoms with Crippen LogP contribution in [0.3, 0.4) is 0 Å². The smallest absolute Gasteiger partial charge is 0.243 e. The molecular formula is C20H25NO. The van der Waals surface area contributed by atoms with Gasteiger partial charge in [-0.3, -0.25) is 4.79 Å². The van der Waals surface area contributed by atoms with Gasteiger partial charge in [0.1, 0.15) is 0 Å². The van der Waals surface area contributed by atoms with Gasteiger partial charge in [0.25, 0.3) is 0 Å². The minimum atomic E-state index is -0.0271. The number of rotatable bonds is 6. The van der Waals surface area contributed by atoms with Crippen LogP contribution in [0.4, 0.5) is 0 Å². The van der Waals surface area contributed by atoms with Crippen LogP contribution >= 0.6 is 0 Å². The Morgan fingerprint density at radius 3 is 2.91 bits per heavy atom. The van der Waals surface area contributed by atoms with E-state index in [2.05, 4.69) is 49.2 Å². The summed E-state index contributed by atoms with van der Waals surface area (Å²) in [5.74, 6) is 6.74. The number of unbranched alkanes of at least 4 members (excludes halogenated alkanes) is 1. The molecule has 1 rings (SSSR count). The molecule has 2 heteroatoms. The molecule has 0 bridgehead atoms. The first-order valence-corrected chi connectivity index (χ1v) is 7.78. The number of amides is 1. The number of allylic oxidation sites excluding steroid dienone is 2. The molecule has 0 fully saturated rings. The number of hydrogen-bond acceptors (Lipinski definition) is 1. The summed E-state index contributed by atoms with van der Waals surface area (Å²) in [6, 6.07) is 8.15. The standard InChI is InChI=1S/C20H25NO/c1-4-10-18-12-9-13-19(15-18)11-7-5-6-8-14-20(22)21-16-17(2)3/h4,8-10,12-15,17H,5-6,16H2,1-3H3,(H,21,22). The van der Waals surface area contributed by atoms with Gasteiger partial charge in [0, 0.05) is 18.5 Å². The summed E-state index contributed by atoms with van der Waals surface area (Å²) in [5.41, 5.74) is 2.19. The van der Waals surface area contributed by atoms with Crippen LogP contribution in [0.5, 0.6) is 0 Å². The molecule has 0 aliphatic carbocycles. The van der Waals surface area contributed by atoms with Crippen LogP contribution in [0.15, 0.2) is 42.5 Å². The van der Waals surface area contributed by atoms with E-state index in [9.17, 15) is 4.79 Å². The number of carbonyl (C=O) groups excluding carboxylic acids is 1. The third-order valence-electron chi connectivity index (χ3n) is 2.87. The lowest BCUT2D eigenvalue weighted by Crippen LogP contribution is -2.25. The van der Waals surface area contributed by atoms with E-state index >= 15 is 0 Å². The second-order valence-corrected chi connectivity index (χ2v) is 5.51. The first-order chi connectivity index (χ1) is 10.6. The molecule has 0 aliphatic rings. The molecule has 1 N–H and O–H groups in total. The van der Waals surface area contributed by atoms with E-state index in [1.807, 2.05) is 31.2 Å². The zero-order chi connectivity index (χ0) is 16.2. The zero-order valence-electron chi connectivity index (χ0n) is 13.7. The molecule has 0 aromatic heterocycles. The van der Waals surface area contributed by atoms with E-state index in [1.54, 1.807) is 6.08 Å². The number of benzene rings is 1. The average Bonchev–Trinajstić information content (AvgIpc) is 2.49. The summed E-state index contributed by atoms with van der Waals surface area (Å²) in [4.78, 5) is 11.5. The highest BCUT2D eigenvalue weighted by Crippen LogP contribution is 2.06. The molecule has 0 saturated carbocycles. The first-order valence-electron chi connectivity index (χ1n) is 7.78. The van der Waals surface area contributed by atoms with E-state index in [0.717, 1.165) is 24.0 Å². The predicted molar refractivity (Wildman–Crippen MR) is 94.2 cm³/mol. The van der Waals surface area contributed by atoms with Gasteiger partial charge in [-0.1, -0.05) is 56.0 Å². The lowest BCUT2D eigenvalue weighted by molar-refractivity contribution is -0.116. The molecule has 116 valence electrons. The molecule has 2 nitrogen and oxygen atoms in total. The van der Waals surface area contributed by atoms with E-state index in [4.69, 9.17) is 0 Å². The van der Waals surface area contributed by atoms with Crippen LogP contribution in [0.1, 0.15) is 44.7 Å². The Labute approximate surface area is 134 Å². The highest BCUT2D eigenvalue weighted by atomic mass is 16.1. The summed E-state index contributed by atoms with van der Waals surface area (Å²) >= 11 is 0. The lowest BCUT2D eigenvalue weighted by Gasteiger charge is -2.03. The number of hydrogen-bond donors (Lipinski definition) is 1. The first kappa shape index (κ1) is 17.8. The van der Waals surface area contributed by atoms with Gasteiger partial charge in [0.15, 0.2) is 0 Å². The summed E-state index contributed by atoms with van der Waals surface area (Å²) < 4.78 is 0. The van der Waals surface area contributed by atoms with Gasteiger partial charge in [0.05, 0.1) is 0 Å². The zero-order valence-corrected chi connectivity index (χ0v) is 13.7. The molecular weight excluding hydrogens is 270 g/mol. The maximum absolute atomic E-state index is 11.5. The van der Waals surface area contributed by atoms with Crippen molar-refractivity contribution in [1.29, 1.82) is 0 Å². The number of nitrogens with one attached hydrogen (secondary N) is 1. The topological polar surface area (TPSA) is 29.1 Å². The Balaban J connectivity index is 2.36. The van der Waals surface area contributed by atoms with Gasteiger partial charge >= 0.3 is 0 Å². The molecule has 0 spiro atoms. The van der Waals surface area contributed by atoms with E-state index in [-0.39, 0.29) is 5.91 Å². The second-order valence-electron chi connectivity index (χ2n) is 5.51. The number of carbonyl (C=O) groups is 1. The van der Waals surface area contributed by atoms with Crippen molar-refractivity contribution in [3.8, 4) is 11.8 Å². The Kier molecular flexibility index (Phi) is 8.45. The fourth-order valence-electron chi connectivity index (χ4n) is 1.79. The van der Waals surface area contributed by atoms with Crippen molar-refractivity contribution in [3.63, 3.8) is 0 Å². The molecule has 1 aromatic carbocycles. The monoisotopic (exact) mass is 295 g/mol. The third-order valence-corrected chi connectivity index (χ3v) is 2.87. The fourth-order valence-corrected chi connectivity index (χ4v) is 1.79. The minimum absolute atomic E-state index is 0.0271. The van der Waals surface area contributed by atoms with Crippen LogP contribution < -0.4 is 5.32 Å². The van der Waals surface area contributed by atoms with Crippen LogP contribution in [0.2, 0.25) is 0 Å². The highest BCUT2D eigenvalue weighted by molar-refractivity contribution is 5.87. The molecule has 0 heterocycles. The average molecular weight is 295 g/mol. The second kappa shape index (κ2) is 10.5. The van der Waals surface area contributed by atoms with Crippen LogP contribution in [0.25, 0.3) is 6.08 Å². The Bertz CT molecular complexity index is 585. The van der Waals surface area contributed by atoms with Crippen molar-refractivity contribution in [2.24, 2.45) is 5.92 Å². The van der Waals surface area contributed by atoms with Gasteiger partial charge in [-0.05, 0) is 43.0 Å². The van der Waals surface area contributed by atoms with Gasteiger partial charge in [-0.15, -0.1) is 0 Å². The highest BCUT2D eigenvalue weighted by Gasteiger charge is 1.96. The molecule has 1 amide bonds. The molecule has 0 aliphatic heterocycles. The summed E-state index contributed by atoms with van der Waals surface area (Å²) in [5, 5.41) is 2.85. The van der Waals surface area contributed by atoms with Crippen molar-refractivity contribution in [2.75, 3.05) is 6.54 Å².